The van der Waals surface area contributed by atoms with Gasteiger partial charge in [-0.25, -0.2) is 4.68 Å². The van der Waals surface area contributed by atoms with Gasteiger partial charge in [0.25, 0.3) is 11.6 Å². The molecule has 0 atom stereocenters. The number of benzene rings is 1. The van der Waals surface area contributed by atoms with Gasteiger partial charge in [0.05, 0.1) is 10.5 Å². The molecule has 0 unspecified atom stereocenters. The molecule has 1 aromatic carbocycles. The number of aromatic nitrogens is 4. The number of rotatable bonds is 5. The maximum Gasteiger partial charge on any atom is 0.270 e. The Morgan fingerprint density at radius 2 is 2.08 bits per heavy atom. The van der Waals surface area contributed by atoms with Gasteiger partial charge in [0, 0.05) is 30.1 Å². The first-order valence-corrected chi connectivity index (χ1v) is 8.93. The van der Waals surface area contributed by atoms with Crippen molar-refractivity contribution in [2.45, 2.75) is 28.9 Å². The lowest BCUT2D eigenvalue weighted by Crippen LogP contribution is -2.43. The first-order valence-electron chi connectivity index (χ1n) is 8.12. The van der Waals surface area contributed by atoms with E-state index in [9.17, 15) is 14.9 Å². The number of piperidine rings is 1. The Balaban J connectivity index is 1.84. The van der Waals surface area contributed by atoms with Crippen molar-refractivity contribution in [3.63, 3.8) is 0 Å². The summed E-state index contributed by atoms with van der Waals surface area (Å²) in [5, 5.41) is 25.8. The zero-order chi connectivity index (χ0) is 18.7. The summed E-state index contributed by atoms with van der Waals surface area (Å²) in [6.45, 7) is 1.82. The number of likely N-dealkylation sites (tertiary alicyclic amines) is 1. The Morgan fingerprint density at radius 3 is 2.69 bits per heavy atom. The van der Waals surface area contributed by atoms with Crippen molar-refractivity contribution in [1.82, 2.24) is 30.4 Å². The predicted octanol–water partition coefficient (Wildman–Crippen LogP) is 1.09. The van der Waals surface area contributed by atoms with Crippen LogP contribution in [0.3, 0.4) is 0 Å². The zero-order valence-electron chi connectivity index (χ0n) is 14.5. The van der Waals surface area contributed by atoms with Crippen molar-refractivity contribution in [3.8, 4) is 0 Å². The molecule has 1 fully saturated rings. The Morgan fingerprint density at radius 1 is 1.35 bits per heavy atom. The molecule has 0 radical (unpaired) electrons. The summed E-state index contributed by atoms with van der Waals surface area (Å²) < 4.78 is 1.48. The number of carbonyl (C=O) groups excluding carboxylic acids is 1. The van der Waals surface area contributed by atoms with Gasteiger partial charge in [-0.2, -0.15) is 0 Å². The molecule has 0 saturated carbocycles. The van der Waals surface area contributed by atoms with Crippen LogP contribution < -0.4 is 5.32 Å². The molecule has 2 heterocycles. The average molecular weight is 377 g/mol. The van der Waals surface area contributed by atoms with E-state index < -0.39 is 4.92 Å². The van der Waals surface area contributed by atoms with Crippen LogP contribution >= 0.6 is 11.8 Å². The Bertz CT molecular complexity index is 817. The molecule has 1 N–H and O–H groups in total. The second-order valence-corrected chi connectivity index (χ2v) is 7.18. The summed E-state index contributed by atoms with van der Waals surface area (Å²) in [6, 6.07) is 4.29. The van der Waals surface area contributed by atoms with Crippen molar-refractivity contribution >= 4 is 23.4 Å². The number of hydrogen-bond donors (Lipinski definition) is 1. The molecule has 26 heavy (non-hydrogen) atoms. The summed E-state index contributed by atoms with van der Waals surface area (Å²) in [4.78, 5) is 26.2. The lowest BCUT2D eigenvalue weighted by Gasteiger charge is -2.29. The van der Waals surface area contributed by atoms with Crippen LogP contribution in [0.15, 0.2) is 28.3 Å². The van der Waals surface area contributed by atoms with Crippen LogP contribution in [0, 0.1) is 10.1 Å². The van der Waals surface area contributed by atoms with Gasteiger partial charge in [0.15, 0.2) is 0 Å². The third-order valence-electron chi connectivity index (χ3n) is 4.25. The van der Waals surface area contributed by atoms with Gasteiger partial charge >= 0.3 is 0 Å². The second-order valence-electron chi connectivity index (χ2n) is 6.18. The molecule has 138 valence electrons. The molecule has 1 amide bonds. The van der Waals surface area contributed by atoms with Crippen molar-refractivity contribution in [1.29, 1.82) is 0 Å². The fourth-order valence-corrected chi connectivity index (χ4v) is 3.56. The maximum absolute atomic E-state index is 12.8. The van der Waals surface area contributed by atoms with Gasteiger partial charge < -0.3 is 10.2 Å². The van der Waals surface area contributed by atoms with E-state index in [0.29, 0.717) is 10.1 Å². The highest BCUT2D eigenvalue weighted by Gasteiger charge is 2.23. The van der Waals surface area contributed by atoms with E-state index in [-0.39, 0.29) is 23.2 Å². The number of nitrogens with zero attached hydrogens (tertiary/aromatic N) is 6. The van der Waals surface area contributed by atoms with E-state index in [1.807, 2.05) is 7.05 Å². The molecule has 3 rings (SSSR count). The lowest BCUT2D eigenvalue weighted by molar-refractivity contribution is -0.384. The highest BCUT2D eigenvalue weighted by atomic mass is 32.2. The normalized spacial score (nSPS) is 15.8. The highest BCUT2D eigenvalue weighted by molar-refractivity contribution is 7.99. The van der Waals surface area contributed by atoms with Crippen LogP contribution in [0.2, 0.25) is 0 Å². The standard InChI is InChI=1S/C15H19N7O3S/c1-20-7-5-10(6-8-20)16-14(23)12-9-11(22(24)25)3-4-13(12)26-15-17-18-19-21(15)2/h3-4,9-10H,5-8H2,1-2H3,(H,16,23). The monoisotopic (exact) mass is 377 g/mol. The summed E-state index contributed by atoms with van der Waals surface area (Å²) in [5.41, 5.74) is 0.130. The SMILES string of the molecule is CN1CCC(NC(=O)c2cc([N+](=O)[O-])ccc2Sc2nnnn2C)CC1. The third-order valence-corrected chi connectivity index (χ3v) is 5.36. The number of tetrazole rings is 1. The molecule has 10 nitrogen and oxygen atoms in total. The number of amides is 1. The average Bonchev–Trinajstić information content (AvgIpc) is 3.02. The largest absolute Gasteiger partial charge is 0.349 e. The minimum Gasteiger partial charge on any atom is -0.349 e. The lowest BCUT2D eigenvalue weighted by atomic mass is 10.0. The highest BCUT2D eigenvalue weighted by Crippen LogP contribution is 2.31. The van der Waals surface area contributed by atoms with Crippen LogP contribution in [0.25, 0.3) is 0 Å². The summed E-state index contributed by atoms with van der Waals surface area (Å²) in [7, 11) is 3.73. The molecular weight excluding hydrogens is 358 g/mol. The third kappa shape index (κ3) is 4.17. The minimum absolute atomic E-state index is 0.0623. The second kappa shape index (κ2) is 7.79. The molecule has 11 heteroatoms. The quantitative estimate of drug-likeness (QED) is 0.607. The summed E-state index contributed by atoms with van der Waals surface area (Å²) in [5.74, 6) is -0.319. The van der Waals surface area contributed by atoms with Gasteiger partial charge in [-0.1, -0.05) is 0 Å². The van der Waals surface area contributed by atoms with Crippen LogP contribution in [-0.2, 0) is 7.05 Å². The Kier molecular flexibility index (Phi) is 5.47. The van der Waals surface area contributed by atoms with E-state index in [0.717, 1.165) is 25.9 Å². The van der Waals surface area contributed by atoms with Gasteiger partial charge in [0.2, 0.25) is 5.16 Å². The Hall–Kier alpha value is -2.53. The van der Waals surface area contributed by atoms with Gasteiger partial charge in [-0.05, 0) is 61.2 Å². The zero-order valence-corrected chi connectivity index (χ0v) is 15.3. The van der Waals surface area contributed by atoms with Crippen LogP contribution in [0.5, 0.6) is 0 Å². The fourth-order valence-electron chi connectivity index (χ4n) is 2.72. The van der Waals surface area contributed by atoms with E-state index in [2.05, 4.69) is 25.7 Å². The summed E-state index contributed by atoms with van der Waals surface area (Å²) >= 11 is 1.19. The number of hydrogen-bond acceptors (Lipinski definition) is 8. The number of non-ortho nitro benzene ring substituents is 1. The first-order chi connectivity index (χ1) is 12.4. The van der Waals surface area contributed by atoms with Crippen LogP contribution in [-0.4, -0.2) is 62.1 Å². The van der Waals surface area contributed by atoms with E-state index in [4.69, 9.17) is 0 Å². The maximum atomic E-state index is 12.8. The number of nitrogens with one attached hydrogen (secondary N) is 1. The van der Waals surface area contributed by atoms with E-state index in [1.54, 1.807) is 13.1 Å². The predicted molar refractivity (Wildman–Crippen MR) is 94.0 cm³/mol. The molecule has 1 aromatic heterocycles. The molecule has 0 aliphatic carbocycles. The van der Waals surface area contributed by atoms with Crippen molar-refractivity contribution < 1.29 is 9.72 Å². The molecule has 2 aromatic rings. The van der Waals surface area contributed by atoms with Crippen LogP contribution in [0.4, 0.5) is 5.69 Å². The molecule has 0 bridgehead atoms. The van der Waals surface area contributed by atoms with Gasteiger partial charge in [0.1, 0.15) is 0 Å². The van der Waals surface area contributed by atoms with E-state index >= 15 is 0 Å². The molecular formula is C15H19N7O3S. The van der Waals surface area contributed by atoms with Crippen LogP contribution in [0.1, 0.15) is 23.2 Å². The van der Waals surface area contributed by atoms with E-state index in [1.165, 1.54) is 28.6 Å². The smallest absolute Gasteiger partial charge is 0.270 e. The van der Waals surface area contributed by atoms with Gasteiger partial charge in [-0.15, -0.1) is 5.10 Å². The number of aryl methyl sites for hydroxylation is 1. The van der Waals surface area contributed by atoms with Crippen molar-refractivity contribution in [2.24, 2.45) is 7.05 Å². The number of nitro groups is 1. The molecule has 1 saturated heterocycles. The topological polar surface area (TPSA) is 119 Å². The fraction of sp³-hybridized carbons (Fsp3) is 0.467. The van der Waals surface area contributed by atoms with Gasteiger partial charge in [-0.3, -0.25) is 14.9 Å². The molecule has 1 aliphatic heterocycles. The number of carbonyl (C=O) groups is 1. The van der Waals surface area contributed by atoms with Crippen molar-refractivity contribution in [3.05, 3.63) is 33.9 Å². The minimum atomic E-state index is -0.509. The Labute approximate surface area is 154 Å². The molecule has 1 aliphatic rings. The van der Waals surface area contributed by atoms with Crippen molar-refractivity contribution in [2.75, 3.05) is 20.1 Å². The summed E-state index contributed by atoms with van der Waals surface area (Å²) in [6.07, 6.45) is 1.71. The first kappa shape index (κ1) is 18.3. The number of nitro benzene ring substituents is 1. The molecule has 0 spiro atoms.